The van der Waals surface area contributed by atoms with Crippen LogP contribution >= 0.6 is 0 Å². The molecule has 0 amide bonds. The van der Waals surface area contributed by atoms with Crippen molar-refractivity contribution in [3.05, 3.63) is 134 Å². The van der Waals surface area contributed by atoms with E-state index in [2.05, 4.69) is 13.2 Å². The van der Waals surface area contributed by atoms with Gasteiger partial charge < -0.3 is 28.4 Å². The highest BCUT2D eigenvalue weighted by molar-refractivity contribution is 5.81. The lowest BCUT2D eigenvalue weighted by atomic mass is 10.1. The molecule has 0 spiro atoms. The van der Waals surface area contributed by atoms with Crippen molar-refractivity contribution >= 4 is 11.9 Å². The summed E-state index contributed by atoms with van der Waals surface area (Å²) in [7, 11) is 0. The molecule has 0 saturated heterocycles. The van der Waals surface area contributed by atoms with Gasteiger partial charge in [-0.1, -0.05) is 39.8 Å². The average molecular weight is 755 g/mol. The first-order valence-electron chi connectivity index (χ1n) is 17.6. The number of halogens is 4. The second kappa shape index (κ2) is 21.9. The zero-order chi connectivity index (χ0) is 39.4. The Morgan fingerprint density at radius 1 is 0.593 bits per heavy atom. The Morgan fingerprint density at radius 2 is 0.926 bits per heavy atom. The van der Waals surface area contributed by atoms with Gasteiger partial charge in [-0.25, -0.2) is 9.59 Å². The third-order valence-electron chi connectivity index (χ3n) is 7.63. The van der Waals surface area contributed by atoms with E-state index in [9.17, 15) is 9.59 Å². The minimum Gasteiger partial charge on any atom is -0.486 e. The van der Waals surface area contributed by atoms with E-state index in [-0.39, 0.29) is 36.9 Å². The molecule has 3 aromatic rings. The molecule has 0 radical (unpaired) electrons. The van der Waals surface area contributed by atoms with Crippen LogP contribution in [0.1, 0.15) is 63.5 Å². The maximum Gasteiger partial charge on any atom is 0.426 e. The zero-order valence-electron chi connectivity index (χ0n) is 30.4. The maximum absolute atomic E-state index is 15.1. The van der Waals surface area contributed by atoms with Gasteiger partial charge in [-0.05, 0) is 123 Å². The van der Waals surface area contributed by atoms with Crippen molar-refractivity contribution in [1.82, 2.24) is 0 Å². The number of esters is 2. The molecule has 0 aliphatic heterocycles. The number of unbranched alkanes of at least 4 members (excludes halogenated alkanes) is 2. The lowest BCUT2D eigenvalue weighted by Gasteiger charge is -2.21. The summed E-state index contributed by atoms with van der Waals surface area (Å²) < 4.78 is 91.9. The van der Waals surface area contributed by atoms with Crippen LogP contribution in [0.5, 0.6) is 23.0 Å². The van der Waals surface area contributed by atoms with Gasteiger partial charge in [0.05, 0.1) is 11.1 Å². The van der Waals surface area contributed by atoms with Gasteiger partial charge in [-0.3, -0.25) is 0 Å². The summed E-state index contributed by atoms with van der Waals surface area (Å²) >= 11 is 0. The van der Waals surface area contributed by atoms with Crippen molar-refractivity contribution in [2.24, 2.45) is 0 Å². The molecule has 3 rings (SSSR count). The zero-order valence-corrected chi connectivity index (χ0v) is 30.4. The van der Waals surface area contributed by atoms with E-state index in [0.717, 1.165) is 62.1 Å². The Balaban J connectivity index is 1.58. The fraction of sp³-hybridized carbons (Fsp3) is 0.333. The molecular formula is C42H46F4O8. The first-order chi connectivity index (χ1) is 25.9. The summed E-state index contributed by atoms with van der Waals surface area (Å²) in [5.41, 5.74) is -0.902. The van der Waals surface area contributed by atoms with Gasteiger partial charge in [0.2, 0.25) is 0 Å². The van der Waals surface area contributed by atoms with Gasteiger partial charge in [-0.2, -0.15) is 17.6 Å². The van der Waals surface area contributed by atoms with Crippen LogP contribution in [-0.4, -0.2) is 37.4 Å². The van der Waals surface area contributed by atoms with Gasteiger partial charge in [0, 0.05) is 12.2 Å². The second-order valence-electron chi connectivity index (χ2n) is 11.9. The molecule has 0 aliphatic rings. The highest BCUT2D eigenvalue weighted by Crippen LogP contribution is 2.36. The minimum absolute atomic E-state index is 0.0403. The monoisotopic (exact) mass is 754 g/mol. The third kappa shape index (κ3) is 14.8. The molecule has 2 unspecified atom stereocenters. The molecule has 0 fully saturated rings. The predicted octanol–water partition coefficient (Wildman–Crippen LogP) is 10.4. The van der Waals surface area contributed by atoms with E-state index < -0.39 is 35.3 Å². The van der Waals surface area contributed by atoms with Crippen LogP contribution in [0.25, 0.3) is 0 Å². The van der Waals surface area contributed by atoms with E-state index in [1.54, 1.807) is 24.3 Å². The van der Waals surface area contributed by atoms with Crippen molar-refractivity contribution in [2.45, 2.75) is 76.8 Å². The van der Waals surface area contributed by atoms with Gasteiger partial charge in [0.15, 0.2) is 0 Å². The number of hydrogen-bond acceptors (Lipinski definition) is 8. The highest BCUT2D eigenvalue weighted by atomic mass is 19.3. The third-order valence-corrected chi connectivity index (χ3v) is 7.63. The van der Waals surface area contributed by atoms with E-state index in [1.165, 1.54) is 48.5 Å². The SMILES string of the molecule is C=CC(=O)OC/C=C/C(CCCC)Oc1ccc(C(F)(F)Oc2ccc(OC(F)(F)c3ccc(OC(/C=C/COC(=O)C=C)CCCC)cc3)cc2)cc1. The summed E-state index contributed by atoms with van der Waals surface area (Å²) in [5.74, 6) is -0.949. The number of carbonyl (C=O) groups is 2. The molecule has 0 aliphatic carbocycles. The molecule has 290 valence electrons. The first-order valence-corrected chi connectivity index (χ1v) is 17.6. The molecule has 54 heavy (non-hydrogen) atoms. The van der Waals surface area contributed by atoms with Crippen molar-refractivity contribution < 1.29 is 55.6 Å². The maximum atomic E-state index is 15.1. The Kier molecular flexibility index (Phi) is 17.4. The first kappa shape index (κ1) is 42.9. The number of hydrogen-bond donors (Lipinski definition) is 0. The van der Waals surface area contributed by atoms with Crippen molar-refractivity contribution in [2.75, 3.05) is 13.2 Å². The van der Waals surface area contributed by atoms with Gasteiger partial charge >= 0.3 is 24.2 Å². The second-order valence-corrected chi connectivity index (χ2v) is 11.9. The Hall–Kier alpha value is -5.52. The standard InChI is InChI=1S/C42H46F4O8/c1-5-9-13-33(15-11-29-49-39(47)7-3)51-35-21-17-31(18-22-35)41(43,44)53-37-25-27-38(28-26-37)54-42(45,46)32-19-23-36(24-20-32)52-34(14-10-6-2)16-12-30-50-40(48)8-4/h7-8,11-12,15-28,33-34H,3-6,9-10,13-14,29-30H2,1-2H3/b15-11+,16-12+. The predicted molar refractivity (Wildman–Crippen MR) is 197 cm³/mol. The smallest absolute Gasteiger partial charge is 0.426 e. The molecule has 0 aromatic heterocycles. The number of benzene rings is 3. The van der Waals surface area contributed by atoms with E-state index >= 15 is 17.6 Å². The van der Waals surface area contributed by atoms with Crippen molar-refractivity contribution in [1.29, 1.82) is 0 Å². The fourth-order valence-corrected chi connectivity index (χ4v) is 4.79. The normalized spacial score (nSPS) is 12.9. The van der Waals surface area contributed by atoms with Crippen LogP contribution in [0.2, 0.25) is 0 Å². The van der Waals surface area contributed by atoms with E-state index in [0.29, 0.717) is 24.3 Å². The molecule has 0 bridgehead atoms. The molecule has 12 heteroatoms. The molecular weight excluding hydrogens is 708 g/mol. The summed E-state index contributed by atoms with van der Waals surface area (Å²) in [5, 5.41) is 0. The van der Waals surface area contributed by atoms with E-state index in [4.69, 9.17) is 28.4 Å². The number of alkyl halides is 4. The number of carbonyl (C=O) groups excluding carboxylic acids is 2. The van der Waals surface area contributed by atoms with Crippen molar-refractivity contribution in [3.63, 3.8) is 0 Å². The van der Waals surface area contributed by atoms with Gasteiger partial charge in [0.25, 0.3) is 0 Å². The lowest BCUT2D eigenvalue weighted by Crippen LogP contribution is -2.23. The summed E-state index contributed by atoms with van der Waals surface area (Å²) in [6.07, 6.45) is 5.51. The molecule has 0 N–H and O–H groups in total. The highest BCUT2D eigenvalue weighted by Gasteiger charge is 2.36. The van der Waals surface area contributed by atoms with Crippen LogP contribution in [-0.2, 0) is 31.3 Å². The Bertz CT molecular complexity index is 1550. The molecule has 0 saturated carbocycles. The Morgan fingerprint density at radius 3 is 1.24 bits per heavy atom. The lowest BCUT2D eigenvalue weighted by molar-refractivity contribution is -0.188. The topological polar surface area (TPSA) is 89.5 Å². The van der Waals surface area contributed by atoms with Crippen LogP contribution in [0, 0.1) is 0 Å². The minimum atomic E-state index is -3.76. The van der Waals surface area contributed by atoms with Crippen molar-refractivity contribution in [3.8, 4) is 23.0 Å². The van der Waals surface area contributed by atoms with Crippen LogP contribution in [0.15, 0.2) is 122 Å². The summed E-state index contributed by atoms with van der Waals surface area (Å²) in [4.78, 5) is 22.5. The van der Waals surface area contributed by atoms with Gasteiger partial charge in [-0.15, -0.1) is 0 Å². The van der Waals surface area contributed by atoms with Crippen LogP contribution in [0.3, 0.4) is 0 Å². The molecule has 3 aromatic carbocycles. The summed E-state index contributed by atoms with van der Waals surface area (Å²) in [6, 6.07) is 14.7. The quantitative estimate of drug-likeness (QED) is 0.0387. The average Bonchev–Trinajstić information content (AvgIpc) is 3.16. The largest absolute Gasteiger partial charge is 0.486 e. The molecule has 0 heterocycles. The molecule has 2 atom stereocenters. The van der Waals surface area contributed by atoms with Gasteiger partial charge in [0.1, 0.15) is 48.4 Å². The van der Waals surface area contributed by atoms with E-state index in [1.807, 2.05) is 13.8 Å². The molecule has 8 nitrogen and oxygen atoms in total. The number of ether oxygens (including phenoxy) is 6. The fourth-order valence-electron chi connectivity index (χ4n) is 4.79. The number of rotatable bonds is 24. The summed E-state index contributed by atoms with van der Waals surface area (Å²) in [6.45, 7) is 10.8. The Labute approximate surface area is 313 Å². The van der Waals surface area contributed by atoms with Crippen LogP contribution < -0.4 is 18.9 Å². The van der Waals surface area contributed by atoms with Crippen LogP contribution in [0.4, 0.5) is 17.6 Å².